The minimum absolute atomic E-state index is 0.466. The van der Waals surface area contributed by atoms with Crippen molar-refractivity contribution in [2.45, 2.75) is 12.8 Å². The Morgan fingerprint density at radius 2 is 1.91 bits per heavy atom. The van der Waals surface area contributed by atoms with E-state index in [0.717, 1.165) is 24.2 Å². The van der Waals surface area contributed by atoms with Gasteiger partial charge in [-0.15, -0.1) is 0 Å². The summed E-state index contributed by atoms with van der Waals surface area (Å²) in [6.07, 6.45) is 2.36. The van der Waals surface area contributed by atoms with Gasteiger partial charge in [0.1, 0.15) is 0 Å². The van der Waals surface area contributed by atoms with Gasteiger partial charge in [0.2, 0.25) is 0 Å². The van der Waals surface area contributed by atoms with E-state index in [4.69, 9.17) is 0 Å². The summed E-state index contributed by atoms with van der Waals surface area (Å²) in [5.74, 6) is 4.30. The molecule has 0 radical (unpaired) electrons. The van der Waals surface area contributed by atoms with Gasteiger partial charge in [0.15, 0.2) is 9.84 Å². The topological polar surface area (TPSA) is 34.1 Å². The Bertz CT molecular complexity index is 285. The van der Waals surface area contributed by atoms with Crippen molar-refractivity contribution >= 4 is 9.84 Å². The predicted octanol–water partition coefficient (Wildman–Crippen LogP) is 0.687. The molecule has 0 aromatic carbocycles. The van der Waals surface area contributed by atoms with Crippen molar-refractivity contribution in [3.63, 3.8) is 0 Å². The molecule has 11 heavy (non-hydrogen) atoms. The van der Waals surface area contributed by atoms with Crippen LogP contribution in [0.25, 0.3) is 0 Å². The van der Waals surface area contributed by atoms with Gasteiger partial charge in [0.05, 0.1) is 11.5 Å². The summed E-state index contributed by atoms with van der Waals surface area (Å²) < 4.78 is 22.2. The lowest BCUT2D eigenvalue weighted by Gasteiger charge is -2.09. The molecule has 3 rings (SSSR count). The zero-order valence-electron chi connectivity index (χ0n) is 6.36. The third-order valence-corrected chi connectivity index (χ3v) is 5.34. The summed E-state index contributed by atoms with van der Waals surface area (Å²) in [4.78, 5) is 0. The Balaban J connectivity index is 1.74. The van der Waals surface area contributed by atoms with Crippen LogP contribution in [-0.2, 0) is 9.84 Å². The van der Waals surface area contributed by atoms with Crippen LogP contribution in [0.4, 0.5) is 0 Å². The van der Waals surface area contributed by atoms with Gasteiger partial charge in [0, 0.05) is 0 Å². The van der Waals surface area contributed by atoms with E-state index >= 15 is 0 Å². The Kier molecular flexibility index (Phi) is 0.972. The Labute approximate surface area is 66.9 Å². The molecule has 3 atom stereocenters. The highest BCUT2D eigenvalue weighted by Crippen LogP contribution is 2.71. The van der Waals surface area contributed by atoms with Crippen LogP contribution in [0.1, 0.15) is 12.8 Å². The summed E-state index contributed by atoms with van der Waals surface area (Å²) in [5, 5.41) is 0. The van der Waals surface area contributed by atoms with Gasteiger partial charge in [-0.05, 0) is 36.5 Å². The summed E-state index contributed by atoms with van der Waals surface area (Å²) >= 11 is 0. The van der Waals surface area contributed by atoms with Crippen LogP contribution in [0.3, 0.4) is 0 Å². The van der Waals surface area contributed by atoms with E-state index in [1.54, 1.807) is 0 Å². The summed E-state index contributed by atoms with van der Waals surface area (Å²) in [5.41, 5.74) is 0. The Morgan fingerprint density at radius 3 is 2.27 bits per heavy atom. The number of hydrogen-bond acceptors (Lipinski definition) is 2. The van der Waals surface area contributed by atoms with Crippen LogP contribution >= 0.6 is 0 Å². The second kappa shape index (κ2) is 1.65. The number of fused-ring (bicyclic) bond motifs is 1. The molecule has 1 aliphatic heterocycles. The summed E-state index contributed by atoms with van der Waals surface area (Å²) in [6, 6.07) is 0. The van der Waals surface area contributed by atoms with E-state index < -0.39 is 9.84 Å². The molecule has 62 valence electrons. The summed E-state index contributed by atoms with van der Waals surface area (Å²) in [6.45, 7) is 0. The van der Waals surface area contributed by atoms with Crippen LogP contribution < -0.4 is 0 Å². The lowest BCUT2D eigenvalue weighted by atomic mass is 9.96. The van der Waals surface area contributed by atoms with Crippen LogP contribution in [-0.4, -0.2) is 19.9 Å². The third kappa shape index (κ3) is 0.866. The smallest absolute Gasteiger partial charge is 0.150 e. The highest BCUT2D eigenvalue weighted by molar-refractivity contribution is 7.91. The Hall–Kier alpha value is -0.0500. The predicted molar refractivity (Wildman–Crippen MR) is 41.8 cm³/mol. The van der Waals surface area contributed by atoms with E-state index in [-0.39, 0.29) is 0 Å². The molecule has 0 aromatic rings. The van der Waals surface area contributed by atoms with Crippen LogP contribution in [0.15, 0.2) is 0 Å². The monoisotopic (exact) mass is 172 g/mol. The first-order valence-electron chi connectivity index (χ1n) is 4.38. The molecule has 0 amide bonds. The molecule has 2 saturated carbocycles. The molecule has 1 saturated heterocycles. The maximum absolute atomic E-state index is 11.1. The molecule has 2 aliphatic carbocycles. The second-order valence-electron chi connectivity index (χ2n) is 4.30. The molecule has 3 unspecified atom stereocenters. The van der Waals surface area contributed by atoms with Gasteiger partial charge in [-0.25, -0.2) is 8.42 Å². The Morgan fingerprint density at radius 1 is 1.18 bits per heavy atom. The molecule has 3 heteroatoms. The fraction of sp³-hybridized carbons (Fsp3) is 1.00. The SMILES string of the molecule is O=S1(=O)CCC(C2C3CC32)C1. The van der Waals surface area contributed by atoms with Crippen LogP contribution in [0.2, 0.25) is 0 Å². The molecule has 0 bridgehead atoms. The zero-order chi connectivity index (χ0) is 7.64. The highest BCUT2D eigenvalue weighted by atomic mass is 32.2. The van der Waals surface area contributed by atoms with E-state index in [1.165, 1.54) is 6.42 Å². The van der Waals surface area contributed by atoms with Gasteiger partial charge in [-0.2, -0.15) is 0 Å². The first kappa shape index (κ1) is 6.46. The lowest BCUT2D eigenvalue weighted by molar-refractivity contribution is 0.424. The first-order valence-corrected chi connectivity index (χ1v) is 6.20. The minimum atomic E-state index is -2.60. The number of rotatable bonds is 1. The molecule has 2 nitrogen and oxygen atoms in total. The van der Waals surface area contributed by atoms with Crippen LogP contribution in [0.5, 0.6) is 0 Å². The number of sulfone groups is 1. The maximum Gasteiger partial charge on any atom is 0.150 e. The average Bonchev–Trinajstić information content (AvgIpc) is 2.67. The molecule has 3 aliphatic rings. The maximum atomic E-state index is 11.1. The first-order chi connectivity index (χ1) is 5.17. The van der Waals surface area contributed by atoms with Crippen molar-refractivity contribution < 1.29 is 8.42 Å². The zero-order valence-corrected chi connectivity index (χ0v) is 7.18. The average molecular weight is 172 g/mol. The normalized spacial score (nSPS) is 57.1. The molecular formula is C8H12O2S. The van der Waals surface area contributed by atoms with Crippen molar-refractivity contribution in [1.29, 1.82) is 0 Å². The van der Waals surface area contributed by atoms with E-state index in [9.17, 15) is 8.42 Å². The fourth-order valence-electron chi connectivity index (χ4n) is 2.66. The third-order valence-electron chi connectivity index (χ3n) is 3.55. The van der Waals surface area contributed by atoms with Gasteiger partial charge in [-0.3, -0.25) is 0 Å². The van der Waals surface area contributed by atoms with E-state index in [0.29, 0.717) is 17.4 Å². The fourth-order valence-corrected chi connectivity index (χ4v) is 4.53. The van der Waals surface area contributed by atoms with Crippen molar-refractivity contribution in [3.8, 4) is 0 Å². The molecule has 3 fully saturated rings. The molecule has 0 spiro atoms. The largest absolute Gasteiger partial charge is 0.229 e. The number of hydrogen-bond donors (Lipinski definition) is 0. The minimum Gasteiger partial charge on any atom is -0.229 e. The van der Waals surface area contributed by atoms with E-state index in [1.807, 2.05) is 0 Å². The molecular weight excluding hydrogens is 160 g/mol. The van der Waals surface area contributed by atoms with Gasteiger partial charge < -0.3 is 0 Å². The van der Waals surface area contributed by atoms with Gasteiger partial charge in [-0.1, -0.05) is 0 Å². The molecule has 1 heterocycles. The highest BCUT2D eigenvalue weighted by Gasteiger charge is 2.67. The van der Waals surface area contributed by atoms with Crippen LogP contribution in [0, 0.1) is 23.7 Å². The molecule has 0 N–H and O–H groups in total. The standard InChI is InChI=1S/C8H12O2S/c9-11(10)2-1-5(4-11)8-6-3-7(6)8/h5-8H,1-4H2. The van der Waals surface area contributed by atoms with Crippen molar-refractivity contribution in [1.82, 2.24) is 0 Å². The van der Waals surface area contributed by atoms with Crippen molar-refractivity contribution in [2.24, 2.45) is 23.7 Å². The van der Waals surface area contributed by atoms with Crippen molar-refractivity contribution in [3.05, 3.63) is 0 Å². The van der Waals surface area contributed by atoms with Gasteiger partial charge in [0.25, 0.3) is 0 Å². The van der Waals surface area contributed by atoms with Crippen molar-refractivity contribution in [2.75, 3.05) is 11.5 Å². The summed E-state index contributed by atoms with van der Waals surface area (Å²) in [7, 11) is -2.60. The van der Waals surface area contributed by atoms with E-state index in [2.05, 4.69) is 0 Å². The lowest BCUT2D eigenvalue weighted by Crippen LogP contribution is -2.10. The quantitative estimate of drug-likeness (QED) is 0.583. The second-order valence-corrected chi connectivity index (χ2v) is 6.53. The molecule has 0 aromatic heterocycles. The van der Waals surface area contributed by atoms with Gasteiger partial charge >= 0.3 is 0 Å².